The zero-order valence-electron chi connectivity index (χ0n) is 29.8. The Morgan fingerprint density at radius 2 is 1.14 bits per heavy atom. The zero-order valence-corrected chi connectivity index (χ0v) is 30.6. The van der Waals surface area contributed by atoms with E-state index in [0.29, 0.717) is 38.0 Å². The smallest absolute Gasteiger partial charge is 0.322 e. The lowest BCUT2D eigenvalue weighted by molar-refractivity contribution is -0.138. The number of nitrogens with zero attached hydrogens (tertiary/aromatic N) is 2. The predicted octanol–water partition coefficient (Wildman–Crippen LogP) is -3.90. The Bertz CT molecular complexity index is 1180. The SMILES string of the molecule is CSCC[C@H](N)C(=O)N[C@@H](CCCN=C(N)N)C(=O)N[C@@H](CCCCN)C(=O)N[C@H](C(=O)N[C@@H](CCCN=C(N)N)C(=O)NCC(=O)O)C(C)C. The van der Waals surface area contributed by atoms with E-state index >= 15 is 0 Å². The van der Waals surface area contributed by atoms with Crippen LogP contribution in [0.15, 0.2) is 9.98 Å². The molecule has 0 spiro atoms. The number of hydrogen-bond donors (Lipinski definition) is 12. The molecule has 21 heteroatoms. The van der Waals surface area contributed by atoms with Crippen LogP contribution >= 0.6 is 11.8 Å². The van der Waals surface area contributed by atoms with E-state index in [0.717, 1.165) is 0 Å². The standard InChI is InChI=1S/C30H59N13O7S/c1-17(2)23(28(50)42-19(9-6-13-37-29(33)34)25(47)39-16-22(44)45)43-27(49)20(8-4-5-12-31)41-26(48)21(10-7-14-38-30(35)36)40-24(46)18(32)11-15-51-3/h17-21,23H,4-16,31-32H2,1-3H3,(H,39,47)(H,40,46)(H,41,48)(H,42,50)(H,43,49)(H,44,45)(H4,33,34,37)(H4,35,36,38)/t18-,19-,20-,21-,23-/m0/s1. The van der Waals surface area contributed by atoms with Gasteiger partial charge in [0.1, 0.15) is 30.7 Å². The number of carboxylic acids is 1. The Morgan fingerprint density at radius 3 is 1.61 bits per heavy atom. The highest BCUT2D eigenvalue weighted by Crippen LogP contribution is 2.10. The number of amides is 5. The highest BCUT2D eigenvalue weighted by atomic mass is 32.2. The fraction of sp³-hybridized carbons (Fsp3) is 0.733. The fourth-order valence-electron chi connectivity index (χ4n) is 4.57. The molecule has 0 saturated heterocycles. The van der Waals surface area contributed by atoms with Gasteiger partial charge in [0.25, 0.3) is 0 Å². The van der Waals surface area contributed by atoms with Crippen molar-refractivity contribution >= 4 is 59.2 Å². The van der Waals surface area contributed by atoms with Crippen LogP contribution in [0.3, 0.4) is 0 Å². The van der Waals surface area contributed by atoms with Crippen molar-refractivity contribution < 1.29 is 33.9 Å². The van der Waals surface area contributed by atoms with Gasteiger partial charge < -0.3 is 66.1 Å². The second-order valence-electron chi connectivity index (χ2n) is 12.1. The summed E-state index contributed by atoms with van der Waals surface area (Å²) in [6.07, 6.45) is 4.20. The average molecular weight is 746 g/mol. The third kappa shape index (κ3) is 21.5. The molecule has 0 aromatic heterocycles. The molecule has 5 amide bonds. The summed E-state index contributed by atoms with van der Waals surface area (Å²) in [6.45, 7) is 3.35. The maximum atomic E-state index is 13.7. The lowest BCUT2D eigenvalue weighted by Gasteiger charge is -2.28. The molecular formula is C30H59N13O7S. The van der Waals surface area contributed by atoms with Gasteiger partial charge in [-0.15, -0.1) is 0 Å². The Hall–Kier alpha value is -4.37. The van der Waals surface area contributed by atoms with Crippen molar-refractivity contribution in [3.8, 4) is 0 Å². The first-order valence-electron chi connectivity index (χ1n) is 16.8. The quantitative estimate of drug-likeness (QED) is 0.0217. The van der Waals surface area contributed by atoms with Gasteiger partial charge in [-0.3, -0.25) is 38.8 Å². The van der Waals surface area contributed by atoms with E-state index in [9.17, 15) is 28.8 Å². The molecule has 18 N–H and O–H groups in total. The summed E-state index contributed by atoms with van der Waals surface area (Å²) in [5, 5.41) is 21.9. The minimum atomic E-state index is -1.28. The van der Waals surface area contributed by atoms with Gasteiger partial charge in [0.15, 0.2) is 11.9 Å². The summed E-state index contributed by atoms with van der Waals surface area (Å²) in [5.74, 6) is -4.75. The van der Waals surface area contributed by atoms with Gasteiger partial charge in [-0.05, 0) is 75.8 Å². The molecule has 0 heterocycles. The predicted molar refractivity (Wildman–Crippen MR) is 197 cm³/mol. The van der Waals surface area contributed by atoms with E-state index in [1.807, 2.05) is 6.26 Å². The van der Waals surface area contributed by atoms with Crippen molar-refractivity contribution in [3.63, 3.8) is 0 Å². The minimum absolute atomic E-state index is 0.0573. The molecule has 51 heavy (non-hydrogen) atoms. The Balaban J connectivity index is 6.08. The number of nitrogens with one attached hydrogen (secondary N) is 5. The number of carbonyl (C=O) groups excluding carboxylic acids is 5. The van der Waals surface area contributed by atoms with Crippen LogP contribution in [-0.2, 0) is 28.8 Å². The summed E-state index contributed by atoms with van der Waals surface area (Å²) in [5.41, 5.74) is 33.2. The summed E-state index contributed by atoms with van der Waals surface area (Å²) < 4.78 is 0. The number of aliphatic carboxylic acids is 1. The number of guanidine groups is 2. The second kappa shape index (κ2) is 26.4. The van der Waals surface area contributed by atoms with E-state index in [1.165, 1.54) is 11.8 Å². The van der Waals surface area contributed by atoms with Gasteiger partial charge in [-0.25, -0.2) is 0 Å². The van der Waals surface area contributed by atoms with Crippen LogP contribution in [0.4, 0.5) is 0 Å². The highest BCUT2D eigenvalue weighted by Gasteiger charge is 2.33. The van der Waals surface area contributed by atoms with Gasteiger partial charge in [-0.1, -0.05) is 13.8 Å². The van der Waals surface area contributed by atoms with Gasteiger partial charge in [0, 0.05) is 13.1 Å². The molecule has 0 aromatic carbocycles. The van der Waals surface area contributed by atoms with Crippen molar-refractivity contribution in [2.24, 2.45) is 50.3 Å². The molecule has 0 saturated carbocycles. The van der Waals surface area contributed by atoms with Crippen molar-refractivity contribution in [1.29, 1.82) is 0 Å². The number of thioether (sulfide) groups is 1. The number of hydrogen-bond acceptors (Lipinski definition) is 11. The van der Waals surface area contributed by atoms with Crippen molar-refractivity contribution in [1.82, 2.24) is 26.6 Å². The van der Waals surface area contributed by atoms with Gasteiger partial charge in [-0.2, -0.15) is 11.8 Å². The number of carbonyl (C=O) groups is 6. The molecular weight excluding hydrogens is 686 g/mol. The molecule has 20 nitrogen and oxygen atoms in total. The summed E-state index contributed by atoms with van der Waals surface area (Å²) in [4.78, 5) is 85.2. The number of nitrogens with two attached hydrogens (primary N) is 6. The number of unbranched alkanes of at least 4 members (excludes halogenated alkanes) is 1. The van der Waals surface area contributed by atoms with E-state index in [2.05, 4.69) is 36.6 Å². The van der Waals surface area contributed by atoms with Crippen LogP contribution in [0.2, 0.25) is 0 Å². The molecule has 5 atom stereocenters. The van der Waals surface area contributed by atoms with Gasteiger partial charge in [0.05, 0.1) is 6.04 Å². The lowest BCUT2D eigenvalue weighted by atomic mass is 10.0. The van der Waals surface area contributed by atoms with Crippen LogP contribution in [0.1, 0.15) is 65.2 Å². The first-order chi connectivity index (χ1) is 24.0. The number of carboxylic acid groups (broad SMARTS) is 1. The summed E-state index contributed by atoms with van der Waals surface area (Å²) >= 11 is 1.52. The summed E-state index contributed by atoms with van der Waals surface area (Å²) in [6, 6.07) is -5.40. The van der Waals surface area contributed by atoms with Crippen LogP contribution in [0.25, 0.3) is 0 Å². The largest absolute Gasteiger partial charge is 0.480 e. The Kier molecular flexibility index (Phi) is 24.2. The van der Waals surface area contributed by atoms with E-state index in [1.54, 1.807) is 13.8 Å². The number of aliphatic imine (C=N–C) groups is 2. The molecule has 0 aliphatic rings. The first kappa shape index (κ1) is 46.6. The van der Waals surface area contributed by atoms with Crippen molar-refractivity contribution in [2.45, 2.75) is 95.4 Å². The third-order valence-electron chi connectivity index (χ3n) is 7.37. The normalized spacial score (nSPS) is 13.8. The monoisotopic (exact) mass is 745 g/mol. The van der Waals surface area contributed by atoms with E-state index in [4.69, 9.17) is 39.5 Å². The summed E-state index contributed by atoms with van der Waals surface area (Å²) in [7, 11) is 0. The molecule has 0 unspecified atom stereocenters. The molecule has 0 radical (unpaired) electrons. The molecule has 0 bridgehead atoms. The zero-order chi connectivity index (χ0) is 38.9. The molecule has 0 aromatic rings. The molecule has 292 valence electrons. The van der Waals surface area contributed by atoms with Crippen LogP contribution < -0.4 is 61.0 Å². The number of rotatable bonds is 27. The maximum absolute atomic E-state index is 13.7. The average Bonchev–Trinajstić information content (AvgIpc) is 3.06. The third-order valence-corrected chi connectivity index (χ3v) is 8.01. The Labute approximate surface area is 303 Å². The molecule has 0 aliphatic heterocycles. The lowest BCUT2D eigenvalue weighted by Crippen LogP contribution is -2.60. The van der Waals surface area contributed by atoms with Crippen molar-refractivity contribution in [3.05, 3.63) is 0 Å². The van der Waals surface area contributed by atoms with E-state index < -0.39 is 78.2 Å². The highest BCUT2D eigenvalue weighted by molar-refractivity contribution is 7.98. The molecule has 0 fully saturated rings. The topological polar surface area (TPSA) is 364 Å². The van der Waals surface area contributed by atoms with Crippen LogP contribution in [0.5, 0.6) is 0 Å². The van der Waals surface area contributed by atoms with Gasteiger partial charge >= 0.3 is 5.97 Å². The van der Waals surface area contributed by atoms with Crippen LogP contribution in [-0.4, -0.2) is 121 Å². The van der Waals surface area contributed by atoms with Crippen LogP contribution in [0, 0.1) is 5.92 Å². The first-order valence-corrected chi connectivity index (χ1v) is 18.2. The molecule has 0 rings (SSSR count). The molecule has 0 aliphatic carbocycles. The van der Waals surface area contributed by atoms with E-state index in [-0.39, 0.29) is 50.7 Å². The Morgan fingerprint density at radius 1 is 0.667 bits per heavy atom. The van der Waals surface area contributed by atoms with Crippen molar-refractivity contribution in [2.75, 3.05) is 38.2 Å². The second-order valence-corrected chi connectivity index (χ2v) is 13.1. The maximum Gasteiger partial charge on any atom is 0.322 e. The fourth-order valence-corrected chi connectivity index (χ4v) is 5.06. The van der Waals surface area contributed by atoms with Gasteiger partial charge in [0.2, 0.25) is 29.5 Å². The minimum Gasteiger partial charge on any atom is -0.480 e.